The molecule has 2 amide bonds. The first-order valence-electron chi connectivity index (χ1n) is 4.18. The van der Waals surface area contributed by atoms with E-state index in [-0.39, 0.29) is 18.1 Å². The predicted octanol–water partition coefficient (Wildman–Crippen LogP) is -1.75. The molecule has 0 spiro atoms. The van der Waals surface area contributed by atoms with Crippen molar-refractivity contribution in [2.75, 3.05) is 13.6 Å². The molecule has 0 fully saturated rings. The molecule has 80 valence electrons. The minimum atomic E-state index is -0.519. The molecule has 7 nitrogen and oxygen atoms in total. The van der Waals surface area contributed by atoms with Gasteiger partial charge in [-0.15, -0.1) is 0 Å². The second-order valence-electron chi connectivity index (χ2n) is 2.66. The molecule has 1 aromatic heterocycles. The summed E-state index contributed by atoms with van der Waals surface area (Å²) < 4.78 is 0. The molecule has 0 saturated carbocycles. The highest BCUT2D eigenvalue weighted by atomic mass is 16.2. The molecule has 0 bridgehead atoms. The highest BCUT2D eigenvalue weighted by molar-refractivity contribution is 5.94. The van der Waals surface area contributed by atoms with Crippen LogP contribution in [0.3, 0.4) is 0 Å². The largest absolute Gasteiger partial charge is 0.358 e. The quantitative estimate of drug-likeness (QED) is 0.550. The molecule has 15 heavy (non-hydrogen) atoms. The Morgan fingerprint density at radius 2 is 2.20 bits per heavy atom. The first-order chi connectivity index (χ1) is 7.13. The van der Waals surface area contributed by atoms with Crippen molar-refractivity contribution in [3.8, 4) is 0 Å². The second-order valence-corrected chi connectivity index (χ2v) is 2.66. The van der Waals surface area contributed by atoms with E-state index >= 15 is 0 Å². The van der Waals surface area contributed by atoms with E-state index in [0.717, 1.165) is 0 Å². The number of aromatic amines is 1. The fraction of sp³-hybridized carbons (Fsp3) is 0.250. The molecule has 0 atom stereocenters. The number of likely N-dealkylation sites (N-methyl/N-ethyl adjacent to an activating group) is 1. The summed E-state index contributed by atoms with van der Waals surface area (Å²) in [5.41, 5.74) is -0.337. The number of hydrogen-bond donors (Lipinski definition) is 3. The minimum Gasteiger partial charge on any atom is -0.358 e. The Hall–Kier alpha value is -2.18. The topological polar surface area (TPSA) is 104 Å². The highest BCUT2D eigenvalue weighted by Gasteiger charge is 2.07. The third-order valence-electron chi connectivity index (χ3n) is 1.60. The van der Waals surface area contributed by atoms with E-state index in [1.807, 2.05) is 0 Å². The zero-order valence-corrected chi connectivity index (χ0v) is 8.03. The van der Waals surface area contributed by atoms with Gasteiger partial charge >= 0.3 is 0 Å². The summed E-state index contributed by atoms with van der Waals surface area (Å²) in [6, 6.07) is 2.46. The third-order valence-corrected chi connectivity index (χ3v) is 1.60. The van der Waals surface area contributed by atoms with E-state index in [4.69, 9.17) is 0 Å². The van der Waals surface area contributed by atoms with Crippen LogP contribution in [-0.2, 0) is 4.79 Å². The molecule has 7 heteroatoms. The smallest absolute Gasteiger partial charge is 0.272 e. The van der Waals surface area contributed by atoms with Gasteiger partial charge in [-0.05, 0) is 6.07 Å². The molecule has 0 aliphatic carbocycles. The Labute approximate surface area is 84.9 Å². The number of carbonyl (C=O) groups excluding carboxylic acids is 2. The van der Waals surface area contributed by atoms with Gasteiger partial charge in [-0.2, -0.15) is 5.10 Å². The van der Waals surface area contributed by atoms with Crippen LogP contribution in [0.5, 0.6) is 0 Å². The number of rotatable bonds is 3. The van der Waals surface area contributed by atoms with Crippen molar-refractivity contribution >= 4 is 11.8 Å². The lowest BCUT2D eigenvalue weighted by Gasteiger charge is -2.02. The van der Waals surface area contributed by atoms with E-state index in [1.54, 1.807) is 0 Å². The van der Waals surface area contributed by atoms with Crippen molar-refractivity contribution in [2.24, 2.45) is 0 Å². The van der Waals surface area contributed by atoms with E-state index in [1.165, 1.54) is 19.2 Å². The number of hydrogen-bond acceptors (Lipinski definition) is 4. The summed E-state index contributed by atoms with van der Waals surface area (Å²) >= 11 is 0. The van der Waals surface area contributed by atoms with Crippen molar-refractivity contribution in [1.29, 1.82) is 0 Å². The summed E-state index contributed by atoms with van der Waals surface area (Å²) in [5.74, 6) is -0.831. The van der Waals surface area contributed by atoms with Crippen LogP contribution < -0.4 is 16.2 Å². The van der Waals surface area contributed by atoms with Crippen LogP contribution in [0.25, 0.3) is 0 Å². The number of nitrogens with zero attached hydrogens (tertiary/aromatic N) is 1. The Morgan fingerprint density at radius 3 is 2.73 bits per heavy atom. The number of nitrogens with one attached hydrogen (secondary N) is 3. The van der Waals surface area contributed by atoms with Gasteiger partial charge in [0.15, 0.2) is 0 Å². The SMILES string of the molecule is CNC(=O)CNC(=O)c1ccc(=O)[nH]n1. The zero-order valence-electron chi connectivity index (χ0n) is 8.03. The Bertz CT molecular complexity index is 406. The van der Waals surface area contributed by atoms with Crippen LogP contribution >= 0.6 is 0 Å². The predicted molar refractivity (Wildman–Crippen MR) is 51.3 cm³/mol. The summed E-state index contributed by atoms with van der Waals surface area (Å²) in [6.45, 7) is -0.129. The van der Waals surface area contributed by atoms with Crippen molar-refractivity contribution in [3.05, 3.63) is 28.2 Å². The minimum absolute atomic E-state index is 0.0542. The highest BCUT2D eigenvalue weighted by Crippen LogP contribution is 1.87. The molecule has 0 saturated heterocycles. The zero-order chi connectivity index (χ0) is 11.3. The molecule has 1 rings (SSSR count). The molecular formula is C8H10N4O3. The normalized spacial score (nSPS) is 9.40. The molecule has 1 heterocycles. The van der Waals surface area contributed by atoms with Gasteiger partial charge < -0.3 is 10.6 Å². The molecule has 0 aromatic carbocycles. The molecular weight excluding hydrogens is 200 g/mol. The van der Waals surface area contributed by atoms with Crippen molar-refractivity contribution < 1.29 is 9.59 Å². The monoisotopic (exact) mass is 210 g/mol. The summed E-state index contributed by atoms with van der Waals surface area (Å²) in [5, 5.41) is 10.3. The molecule has 0 unspecified atom stereocenters. The van der Waals surface area contributed by atoms with Gasteiger partial charge in [0.2, 0.25) is 5.91 Å². The Kier molecular flexibility index (Phi) is 3.55. The van der Waals surface area contributed by atoms with Crippen LogP contribution in [-0.4, -0.2) is 35.6 Å². The van der Waals surface area contributed by atoms with Gasteiger partial charge in [-0.3, -0.25) is 14.4 Å². The van der Waals surface area contributed by atoms with E-state index in [2.05, 4.69) is 20.8 Å². The van der Waals surface area contributed by atoms with Crippen LogP contribution in [0.2, 0.25) is 0 Å². The van der Waals surface area contributed by atoms with Crippen molar-refractivity contribution in [2.45, 2.75) is 0 Å². The van der Waals surface area contributed by atoms with Gasteiger partial charge in [0.05, 0.1) is 6.54 Å². The summed E-state index contributed by atoms with van der Waals surface area (Å²) in [6.07, 6.45) is 0. The maximum absolute atomic E-state index is 11.3. The van der Waals surface area contributed by atoms with Crippen LogP contribution in [0.1, 0.15) is 10.5 Å². The van der Waals surface area contributed by atoms with Gasteiger partial charge in [0.25, 0.3) is 11.5 Å². The maximum atomic E-state index is 11.3. The van der Waals surface area contributed by atoms with Crippen molar-refractivity contribution in [1.82, 2.24) is 20.8 Å². The standard InChI is InChI=1S/C8H10N4O3/c1-9-7(14)4-10-8(15)5-2-3-6(13)12-11-5/h2-3H,4H2,1H3,(H,9,14)(H,10,15)(H,12,13). The van der Waals surface area contributed by atoms with Crippen LogP contribution in [0, 0.1) is 0 Å². The maximum Gasteiger partial charge on any atom is 0.272 e. The van der Waals surface area contributed by atoms with Gasteiger partial charge in [0, 0.05) is 13.1 Å². The number of aromatic nitrogens is 2. The second kappa shape index (κ2) is 4.89. The van der Waals surface area contributed by atoms with E-state index in [9.17, 15) is 14.4 Å². The van der Waals surface area contributed by atoms with E-state index < -0.39 is 11.5 Å². The molecule has 0 aliphatic heterocycles. The molecule has 0 aliphatic rings. The average Bonchev–Trinajstić information content (AvgIpc) is 2.26. The van der Waals surface area contributed by atoms with E-state index in [0.29, 0.717) is 0 Å². The van der Waals surface area contributed by atoms with Crippen LogP contribution in [0.15, 0.2) is 16.9 Å². The lowest BCUT2D eigenvalue weighted by molar-refractivity contribution is -0.119. The fourth-order valence-corrected chi connectivity index (χ4v) is 0.810. The number of carbonyl (C=O) groups is 2. The first-order valence-corrected chi connectivity index (χ1v) is 4.18. The first kappa shape index (κ1) is 10.9. The molecule has 3 N–H and O–H groups in total. The molecule has 1 aromatic rings. The Morgan fingerprint density at radius 1 is 1.47 bits per heavy atom. The summed E-state index contributed by atoms with van der Waals surface area (Å²) in [4.78, 5) is 32.7. The van der Waals surface area contributed by atoms with Gasteiger partial charge in [-0.25, -0.2) is 5.10 Å². The lowest BCUT2D eigenvalue weighted by atomic mass is 10.3. The number of H-pyrrole nitrogens is 1. The fourth-order valence-electron chi connectivity index (χ4n) is 0.810. The number of amides is 2. The van der Waals surface area contributed by atoms with Gasteiger partial charge in [-0.1, -0.05) is 0 Å². The molecule has 0 radical (unpaired) electrons. The summed E-state index contributed by atoms with van der Waals surface area (Å²) in [7, 11) is 1.47. The third kappa shape index (κ3) is 3.22. The lowest BCUT2D eigenvalue weighted by Crippen LogP contribution is -2.35. The van der Waals surface area contributed by atoms with Gasteiger partial charge in [0.1, 0.15) is 5.69 Å². The van der Waals surface area contributed by atoms with Crippen molar-refractivity contribution in [3.63, 3.8) is 0 Å². The Balaban J connectivity index is 2.58. The average molecular weight is 210 g/mol. The van der Waals surface area contributed by atoms with Crippen LogP contribution in [0.4, 0.5) is 0 Å².